The van der Waals surface area contributed by atoms with Crippen LogP contribution in [0.5, 0.6) is 0 Å². The Balaban J connectivity index is 1.86. The van der Waals surface area contributed by atoms with E-state index in [9.17, 15) is 24.5 Å². The number of nitrogens with one attached hydrogen (secondary N) is 2. The Morgan fingerprint density at radius 2 is 1.66 bits per heavy atom. The molecule has 0 heterocycles. The first kappa shape index (κ1) is 21.5. The molecule has 1 atom stereocenters. The van der Waals surface area contributed by atoms with Crippen LogP contribution in [-0.2, 0) is 14.3 Å². The van der Waals surface area contributed by atoms with Gasteiger partial charge in [-0.25, -0.2) is 4.79 Å². The third-order valence-corrected chi connectivity index (χ3v) is 4.14. The number of non-ortho nitro benzene ring substituents is 1. The van der Waals surface area contributed by atoms with Crippen molar-refractivity contribution in [1.29, 1.82) is 0 Å². The molecule has 2 N–H and O–H groups in total. The van der Waals surface area contributed by atoms with E-state index in [1.165, 1.54) is 31.2 Å². The number of nitro groups is 1. The summed E-state index contributed by atoms with van der Waals surface area (Å²) in [5.41, 5.74) is 2.39. The number of nitro benzene ring substituents is 1. The number of rotatable bonds is 7. The van der Waals surface area contributed by atoms with E-state index in [1.54, 1.807) is 0 Å². The second-order valence-corrected chi connectivity index (χ2v) is 6.38. The highest BCUT2D eigenvalue weighted by Crippen LogP contribution is 2.19. The van der Waals surface area contributed by atoms with Gasteiger partial charge in [-0.2, -0.15) is 0 Å². The fourth-order valence-corrected chi connectivity index (χ4v) is 2.51. The summed E-state index contributed by atoms with van der Waals surface area (Å²) in [4.78, 5) is 46.3. The molecule has 0 radical (unpaired) electrons. The Kier molecular flexibility index (Phi) is 7.02. The van der Waals surface area contributed by atoms with Crippen molar-refractivity contribution in [2.24, 2.45) is 0 Å². The van der Waals surface area contributed by atoms with Crippen LogP contribution in [0.2, 0.25) is 0 Å². The highest BCUT2D eigenvalue weighted by atomic mass is 16.6. The minimum absolute atomic E-state index is 0.0722. The average molecular weight is 399 g/mol. The molecular weight excluding hydrogens is 378 g/mol. The van der Waals surface area contributed by atoms with Crippen LogP contribution in [0.3, 0.4) is 0 Å². The number of amides is 2. The largest absolute Gasteiger partial charge is 0.449 e. The van der Waals surface area contributed by atoms with E-state index in [1.807, 2.05) is 32.0 Å². The maximum atomic E-state index is 12.1. The maximum absolute atomic E-state index is 12.1. The third kappa shape index (κ3) is 5.86. The molecule has 0 saturated heterocycles. The molecule has 0 aliphatic heterocycles. The van der Waals surface area contributed by atoms with Crippen LogP contribution >= 0.6 is 0 Å². The molecule has 0 aromatic heterocycles. The van der Waals surface area contributed by atoms with E-state index in [2.05, 4.69) is 10.6 Å². The molecule has 2 amide bonds. The smallest absolute Gasteiger partial charge is 0.338 e. The van der Waals surface area contributed by atoms with Gasteiger partial charge in [-0.15, -0.1) is 0 Å². The number of anilines is 1. The first-order valence-electron chi connectivity index (χ1n) is 8.78. The molecular formula is C20H21N3O6. The molecule has 0 bridgehead atoms. The standard InChI is InChI=1S/C20H21N3O6/c1-12-5-4-6-13(2)18(12)22-17(24)11-21-19(25)14(3)29-20(26)15-7-9-16(10-8-15)23(27)28/h4-10,14H,11H2,1-3H3,(H,21,25)(H,22,24)/t14-/m0/s1. The van der Waals surface area contributed by atoms with Gasteiger partial charge in [-0.3, -0.25) is 19.7 Å². The number of nitrogens with zero attached hydrogens (tertiary/aromatic N) is 1. The van der Waals surface area contributed by atoms with E-state index in [0.29, 0.717) is 5.69 Å². The molecule has 2 aromatic rings. The second kappa shape index (κ2) is 9.45. The van der Waals surface area contributed by atoms with Gasteiger partial charge in [-0.05, 0) is 44.0 Å². The Morgan fingerprint density at radius 1 is 1.07 bits per heavy atom. The van der Waals surface area contributed by atoms with Crippen molar-refractivity contribution in [1.82, 2.24) is 5.32 Å². The summed E-state index contributed by atoms with van der Waals surface area (Å²) in [6.45, 7) is 4.80. The molecule has 9 nitrogen and oxygen atoms in total. The van der Waals surface area contributed by atoms with Crippen molar-refractivity contribution in [3.05, 3.63) is 69.3 Å². The fraction of sp³-hybridized carbons (Fsp3) is 0.250. The van der Waals surface area contributed by atoms with E-state index in [4.69, 9.17) is 4.74 Å². The Bertz CT molecular complexity index is 919. The average Bonchev–Trinajstić information content (AvgIpc) is 2.69. The summed E-state index contributed by atoms with van der Waals surface area (Å²) in [5, 5.41) is 15.8. The van der Waals surface area contributed by atoms with E-state index >= 15 is 0 Å². The van der Waals surface area contributed by atoms with Gasteiger partial charge in [0.25, 0.3) is 11.6 Å². The van der Waals surface area contributed by atoms with Crippen molar-refractivity contribution in [3.63, 3.8) is 0 Å². The predicted octanol–water partition coefficient (Wildman–Crippen LogP) is 2.51. The van der Waals surface area contributed by atoms with Crippen LogP contribution in [0.4, 0.5) is 11.4 Å². The third-order valence-electron chi connectivity index (χ3n) is 4.14. The molecule has 0 spiro atoms. The number of para-hydroxylation sites is 1. The van der Waals surface area contributed by atoms with E-state index in [-0.39, 0.29) is 17.8 Å². The zero-order valence-electron chi connectivity index (χ0n) is 16.2. The quantitative estimate of drug-likeness (QED) is 0.418. The summed E-state index contributed by atoms with van der Waals surface area (Å²) in [5.74, 6) is -1.86. The molecule has 0 saturated carbocycles. The van der Waals surface area contributed by atoms with Crippen molar-refractivity contribution in [2.45, 2.75) is 26.9 Å². The minimum atomic E-state index is -1.15. The molecule has 29 heavy (non-hydrogen) atoms. The van der Waals surface area contributed by atoms with Gasteiger partial charge in [0.1, 0.15) is 0 Å². The lowest BCUT2D eigenvalue weighted by Gasteiger charge is -2.14. The number of hydrogen-bond donors (Lipinski definition) is 2. The predicted molar refractivity (Wildman–Crippen MR) is 106 cm³/mol. The van der Waals surface area contributed by atoms with Crippen molar-refractivity contribution >= 4 is 29.2 Å². The molecule has 2 rings (SSSR count). The summed E-state index contributed by atoms with van der Waals surface area (Å²) in [7, 11) is 0. The summed E-state index contributed by atoms with van der Waals surface area (Å²) < 4.78 is 5.03. The Hall–Kier alpha value is -3.75. The van der Waals surface area contributed by atoms with Gasteiger partial charge in [0.05, 0.1) is 17.0 Å². The summed E-state index contributed by atoms with van der Waals surface area (Å²) >= 11 is 0. The van der Waals surface area contributed by atoms with Gasteiger partial charge in [0.2, 0.25) is 5.91 Å². The van der Waals surface area contributed by atoms with Crippen LogP contribution in [0.1, 0.15) is 28.4 Å². The van der Waals surface area contributed by atoms with E-state index < -0.39 is 28.8 Å². The van der Waals surface area contributed by atoms with Crippen LogP contribution in [0.25, 0.3) is 0 Å². The number of aryl methyl sites for hydroxylation is 2. The second-order valence-electron chi connectivity index (χ2n) is 6.38. The van der Waals surface area contributed by atoms with Crippen LogP contribution < -0.4 is 10.6 Å². The molecule has 0 unspecified atom stereocenters. The number of ether oxygens (including phenoxy) is 1. The van der Waals surface area contributed by atoms with E-state index in [0.717, 1.165) is 11.1 Å². The lowest BCUT2D eigenvalue weighted by molar-refractivity contribution is -0.384. The molecule has 0 aliphatic rings. The van der Waals surface area contributed by atoms with Gasteiger partial charge >= 0.3 is 5.97 Å². The first-order valence-corrected chi connectivity index (χ1v) is 8.78. The zero-order chi connectivity index (χ0) is 21.6. The maximum Gasteiger partial charge on any atom is 0.338 e. The highest BCUT2D eigenvalue weighted by Gasteiger charge is 2.20. The number of carbonyl (C=O) groups is 3. The number of carbonyl (C=O) groups excluding carboxylic acids is 3. The normalized spacial score (nSPS) is 11.3. The van der Waals surface area contributed by atoms with Gasteiger partial charge in [0.15, 0.2) is 6.10 Å². The van der Waals surface area contributed by atoms with Gasteiger partial charge in [0, 0.05) is 17.8 Å². The zero-order valence-corrected chi connectivity index (χ0v) is 16.2. The van der Waals surface area contributed by atoms with Gasteiger partial charge < -0.3 is 15.4 Å². The van der Waals surface area contributed by atoms with Gasteiger partial charge in [-0.1, -0.05) is 18.2 Å². The summed E-state index contributed by atoms with van der Waals surface area (Å²) in [6.07, 6.45) is -1.15. The van der Waals surface area contributed by atoms with Crippen molar-refractivity contribution in [3.8, 4) is 0 Å². The minimum Gasteiger partial charge on any atom is -0.449 e. The number of hydrogen-bond acceptors (Lipinski definition) is 6. The molecule has 9 heteroatoms. The first-order chi connectivity index (χ1) is 13.7. The van der Waals surface area contributed by atoms with Crippen molar-refractivity contribution in [2.75, 3.05) is 11.9 Å². The summed E-state index contributed by atoms with van der Waals surface area (Å²) in [6, 6.07) is 10.4. The van der Waals surface area contributed by atoms with Crippen LogP contribution in [0, 0.1) is 24.0 Å². The lowest BCUT2D eigenvalue weighted by Crippen LogP contribution is -2.40. The lowest BCUT2D eigenvalue weighted by atomic mass is 10.1. The Labute approximate surface area is 167 Å². The highest BCUT2D eigenvalue weighted by molar-refractivity contribution is 5.97. The molecule has 2 aromatic carbocycles. The topological polar surface area (TPSA) is 128 Å². The number of benzene rings is 2. The van der Waals surface area contributed by atoms with Crippen LogP contribution in [-0.4, -0.2) is 35.4 Å². The monoisotopic (exact) mass is 399 g/mol. The van der Waals surface area contributed by atoms with Crippen LogP contribution in [0.15, 0.2) is 42.5 Å². The number of esters is 1. The Morgan fingerprint density at radius 3 is 2.21 bits per heavy atom. The SMILES string of the molecule is Cc1cccc(C)c1NC(=O)CNC(=O)[C@H](C)OC(=O)c1ccc([N+](=O)[O-])cc1. The molecule has 0 aliphatic carbocycles. The van der Waals surface area contributed by atoms with Crippen molar-refractivity contribution < 1.29 is 24.0 Å². The molecule has 0 fully saturated rings. The fourth-order valence-electron chi connectivity index (χ4n) is 2.51. The molecule has 152 valence electrons.